The van der Waals surface area contributed by atoms with Crippen LogP contribution in [0.15, 0.2) is 22.2 Å². The summed E-state index contributed by atoms with van der Waals surface area (Å²) in [5.41, 5.74) is -2.39. The molecule has 0 saturated heterocycles. The normalized spacial score (nSPS) is 33.7. The van der Waals surface area contributed by atoms with E-state index >= 15 is 0 Å². The van der Waals surface area contributed by atoms with Gasteiger partial charge in [-0.3, -0.25) is 0 Å². The molecule has 0 radical (unpaired) electrons. The SMILES string of the molecule is O=C(O)[C@@]1(O)C=C(Cl)C(Cl)=C[C@@H]1O. The lowest BCUT2D eigenvalue weighted by Crippen LogP contribution is -2.48. The van der Waals surface area contributed by atoms with Crippen LogP contribution < -0.4 is 0 Å². The van der Waals surface area contributed by atoms with E-state index < -0.39 is 17.7 Å². The van der Waals surface area contributed by atoms with Crippen molar-refractivity contribution in [2.75, 3.05) is 0 Å². The van der Waals surface area contributed by atoms with Crippen molar-refractivity contribution in [2.45, 2.75) is 11.7 Å². The van der Waals surface area contributed by atoms with Crippen LogP contribution in [-0.4, -0.2) is 33.0 Å². The first-order chi connectivity index (χ1) is 5.88. The Morgan fingerprint density at radius 2 is 2.00 bits per heavy atom. The van der Waals surface area contributed by atoms with Crippen molar-refractivity contribution in [3.8, 4) is 0 Å². The third-order valence-electron chi connectivity index (χ3n) is 1.67. The van der Waals surface area contributed by atoms with Crippen LogP contribution in [0.2, 0.25) is 0 Å². The predicted octanol–water partition coefficient (Wildman–Crippen LogP) is 0.422. The number of carbonyl (C=O) groups is 1. The lowest BCUT2D eigenvalue weighted by molar-refractivity contribution is -0.160. The minimum Gasteiger partial charge on any atom is -0.479 e. The van der Waals surface area contributed by atoms with E-state index in [-0.39, 0.29) is 10.1 Å². The van der Waals surface area contributed by atoms with E-state index in [0.717, 1.165) is 12.2 Å². The molecule has 0 aromatic rings. The highest BCUT2D eigenvalue weighted by molar-refractivity contribution is 6.44. The van der Waals surface area contributed by atoms with Crippen LogP contribution >= 0.6 is 23.2 Å². The minimum atomic E-state index is -2.39. The number of hydrogen-bond acceptors (Lipinski definition) is 3. The summed E-state index contributed by atoms with van der Waals surface area (Å²) in [5, 5.41) is 27.1. The Hall–Kier alpha value is -0.550. The van der Waals surface area contributed by atoms with Crippen molar-refractivity contribution in [3.05, 3.63) is 22.2 Å². The molecule has 4 nitrogen and oxygen atoms in total. The Balaban J connectivity index is 3.12. The molecule has 0 spiro atoms. The molecule has 0 unspecified atom stereocenters. The second-order valence-corrected chi connectivity index (χ2v) is 3.40. The van der Waals surface area contributed by atoms with E-state index in [1.54, 1.807) is 0 Å². The molecule has 72 valence electrons. The van der Waals surface area contributed by atoms with Gasteiger partial charge in [0.05, 0.1) is 10.1 Å². The van der Waals surface area contributed by atoms with E-state index in [0.29, 0.717) is 0 Å². The lowest BCUT2D eigenvalue weighted by Gasteiger charge is -2.27. The summed E-state index contributed by atoms with van der Waals surface area (Å²) in [4.78, 5) is 10.6. The Morgan fingerprint density at radius 1 is 1.46 bits per heavy atom. The predicted molar refractivity (Wildman–Crippen MR) is 46.5 cm³/mol. The first kappa shape index (κ1) is 10.5. The van der Waals surface area contributed by atoms with Gasteiger partial charge in [-0.2, -0.15) is 0 Å². The molecule has 0 heterocycles. The van der Waals surface area contributed by atoms with Gasteiger partial charge in [0.2, 0.25) is 5.60 Å². The van der Waals surface area contributed by atoms with Crippen LogP contribution in [0.1, 0.15) is 0 Å². The molecular formula is C7H6Cl2O4. The standard InChI is InChI=1S/C7H6Cl2O4/c8-3-1-5(10)7(13,6(11)12)2-4(3)9/h1-2,5,10,13H,(H,11,12)/t5-,7+/m0/s1. The molecule has 3 N–H and O–H groups in total. The number of carboxylic acids is 1. The average molecular weight is 225 g/mol. The quantitative estimate of drug-likeness (QED) is 0.604. The van der Waals surface area contributed by atoms with Crippen molar-refractivity contribution in [3.63, 3.8) is 0 Å². The smallest absolute Gasteiger partial charge is 0.342 e. The first-order valence-corrected chi connectivity index (χ1v) is 4.03. The van der Waals surface area contributed by atoms with Gasteiger partial charge in [0, 0.05) is 0 Å². The van der Waals surface area contributed by atoms with Gasteiger partial charge in [0.1, 0.15) is 6.10 Å². The summed E-state index contributed by atoms with van der Waals surface area (Å²) in [6, 6.07) is 0. The van der Waals surface area contributed by atoms with E-state index in [1.807, 2.05) is 0 Å². The summed E-state index contributed by atoms with van der Waals surface area (Å²) in [6.07, 6.45) is 0.169. The fourth-order valence-electron chi connectivity index (χ4n) is 0.881. The Labute approximate surface area is 83.7 Å². The van der Waals surface area contributed by atoms with E-state index in [1.165, 1.54) is 0 Å². The number of allylic oxidation sites excluding steroid dienone is 2. The van der Waals surface area contributed by atoms with Crippen LogP contribution in [0.5, 0.6) is 0 Å². The van der Waals surface area contributed by atoms with Crippen LogP contribution in [0.25, 0.3) is 0 Å². The van der Waals surface area contributed by atoms with Crippen LogP contribution in [0.3, 0.4) is 0 Å². The summed E-state index contributed by atoms with van der Waals surface area (Å²) in [6.45, 7) is 0. The monoisotopic (exact) mass is 224 g/mol. The van der Waals surface area contributed by atoms with Crippen LogP contribution in [0, 0.1) is 0 Å². The molecule has 0 aliphatic heterocycles. The molecule has 6 heteroatoms. The molecule has 1 aliphatic carbocycles. The number of rotatable bonds is 1. The first-order valence-electron chi connectivity index (χ1n) is 3.28. The second kappa shape index (κ2) is 3.31. The van der Waals surface area contributed by atoms with E-state index in [4.69, 9.17) is 28.3 Å². The molecule has 0 aromatic heterocycles. The molecular weight excluding hydrogens is 219 g/mol. The fraction of sp³-hybridized carbons (Fsp3) is 0.286. The second-order valence-electron chi connectivity index (χ2n) is 2.58. The topological polar surface area (TPSA) is 77.8 Å². The third kappa shape index (κ3) is 1.71. The van der Waals surface area contributed by atoms with Crippen LogP contribution in [0.4, 0.5) is 0 Å². The maximum atomic E-state index is 10.6. The van der Waals surface area contributed by atoms with Crippen molar-refractivity contribution >= 4 is 29.2 Å². The number of hydrogen-bond donors (Lipinski definition) is 3. The number of aliphatic hydroxyl groups excluding tert-OH is 1. The van der Waals surface area contributed by atoms with Crippen molar-refractivity contribution in [1.82, 2.24) is 0 Å². The summed E-state index contributed by atoms with van der Waals surface area (Å²) in [7, 11) is 0. The summed E-state index contributed by atoms with van der Waals surface area (Å²) in [5.74, 6) is -1.58. The molecule has 2 atom stereocenters. The maximum absolute atomic E-state index is 10.6. The van der Waals surface area contributed by atoms with Gasteiger partial charge >= 0.3 is 5.97 Å². The van der Waals surface area contributed by atoms with Gasteiger partial charge < -0.3 is 15.3 Å². The van der Waals surface area contributed by atoms with Crippen LogP contribution in [-0.2, 0) is 4.79 Å². The molecule has 1 aliphatic rings. The Kier molecular flexibility index (Phi) is 2.68. The molecule has 0 amide bonds. The van der Waals surface area contributed by atoms with Gasteiger partial charge in [0.25, 0.3) is 0 Å². The number of aliphatic hydroxyl groups is 2. The zero-order valence-corrected chi connectivity index (χ0v) is 7.75. The molecule has 1 rings (SSSR count). The average Bonchev–Trinajstić information content (AvgIpc) is 2.01. The fourth-order valence-corrected chi connectivity index (χ4v) is 1.28. The largest absolute Gasteiger partial charge is 0.479 e. The number of aliphatic carboxylic acids is 1. The highest BCUT2D eigenvalue weighted by Crippen LogP contribution is 2.31. The van der Waals surface area contributed by atoms with Crippen molar-refractivity contribution < 1.29 is 20.1 Å². The van der Waals surface area contributed by atoms with E-state index in [2.05, 4.69) is 0 Å². The highest BCUT2D eigenvalue weighted by atomic mass is 35.5. The maximum Gasteiger partial charge on any atom is 0.342 e. The summed E-state index contributed by atoms with van der Waals surface area (Å²) >= 11 is 11.0. The molecule has 0 aromatic carbocycles. The Bertz CT molecular complexity index is 310. The van der Waals surface area contributed by atoms with E-state index in [9.17, 15) is 15.0 Å². The van der Waals surface area contributed by atoms with Crippen molar-refractivity contribution in [1.29, 1.82) is 0 Å². The summed E-state index contributed by atoms with van der Waals surface area (Å²) < 4.78 is 0. The number of carboxylic acid groups (broad SMARTS) is 1. The van der Waals surface area contributed by atoms with Gasteiger partial charge in [-0.1, -0.05) is 23.2 Å². The van der Waals surface area contributed by atoms with Gasteiger partial charge in [-0.05, 0) is 12.2 Å². The van der Waals surface area contributed by atoms with Gasteiger partial charge in [-0.25, -0.2) is 4.79 Å². The third-order valence-corrected chi connectivity index (χ3v) is 2.41. The minimum absolute atomic E-state index is 0.0140. The van der Waals surface area contributed by atoms with Gasteiger partial charge in [0.15, 0.2) is 0 Å². The van der Waals surface area contributed by atoms with Gasteiger partial charge in [-0.15, -0.1) is 0 Å². The Morgan fingerprint density at radius 3 is 2.46 bits per heavy atom. The highest BCUT2D eigenvalue weighted by Gasteiger charge is 2.43. The molecule has 0 saturated carbocycles. The molecule has 13 heavy (non-hydrogen) atoms. The molecule has 0 fully saturated rings. The lowest BCUT2D eigenvalue weighted by atomic mass is 9.92. The number of halogens is 2. The zero-order valence-electron chi connectivity index (χ0n) is 6.24. The zero-order chi connectivity index (χ0) is 10.2. The molecule has 0 bridgehead atoms. The van der Waals surface area contributed by atoms with Crippen molar-refractivity contribution in [2.24, 2.45) is 0 Å².